The molecule has 0 fully saturated rings. The van der Waals surface area contributed by atoms with E-state index in [-0.39, 0.29) is 37.8 Å². The molecule has 1 aliphatic rings. The van der Waals surface area contributed by atoms with Gasteiger partial charge in [-0.05, 0) is 93.7 Å². The lowest BCUT2D eigenvalue weighted by Crippen LogP contribution is -2.53. The number of urea groups is 1. The molecular weight excluding hydrogens is 883 g/mol. The standard InChI is InChI=1S/C57H55N5O8/c1-69-47-33-27-44(28-34-47)57(42-15-5-2-6-16-42,43-17-7-3-8-18-43)58-35-13-4-14-36-61(55(65)59-45-29-23-41(38-63)24-30-45)54(64)53(37-40-25-31-46(32-26-40)62(67)68)60-56(66)70-39-52-50-21-11-9-19-48(50)49-20-10-12-22-51(49)52/h2-3,5-12,15-34,52-53,58,63H,4,13-14,35-39H2,1H3,(H,59,65)(H,60,66)/t53-/m0/s1. The Bertz CT molecular complexity index is 2790. The van der Waals surface area contributed by atoms with Crippen LogP contribution in [0.2, 0.25) is 0 Å². The summed E-state index contributed by atoms with van der Waals surface area (Å²) in [6, 6.07) is 54.7. The van der Waals surface area contributed by atoms with Gasteiger partial charge in [0.25, 0.3) is 11.6 Å². The van der Waals surface area contributed by atoms with Crippen LogP contribution in [-0.2, 0) is 28.1 Å². The molecular formula is C57H55N5O8. The number of aliphatic hydroxyl groups excluding tert-OH is 1. The number of nitrogens with one attached hydrogen (secondary N) is 3. The van der Waals surface area contributed by atoms with Gasteiger partial charge in [0, 0.05) is 36.7 Å². The highest BCUT2D eigenvalue weighted by Gasteiger charge is 2.36. The highest BCUT2D eigenvalue weighted by Crippen LogP contribution is 2.44. The van der Waals surface area contributed by atoms with Gasteiger partial charge in [0.2, 0.25) is 0 Å². The Morgan fingerprint density at radius 3 is 1.81 bits per heavy atom. The van der Waals surface area contributed by atoms with Gasteiger partial charge < -0.3 is 25.2 Å². The number of carbonyl (C=O) groups excluding carboxylic acids is 3. The highest BCUT2D eigenvalue weighted by molar-refractivity contribution is 6.03. The number of anilines is 1. The summed E-state index contributed by atoms with van der Waals surface area (Å²) in [4.78, 5) is 55.1. The van der Waals surface area contributed by atoms with Crippen molar-refractivity contribution in [3.05, 3.63) is 231 Å². The number of unbranched alkanes of at least 4 members (excludes halogenated alkanes) is 2. The molecule has 0 saturated heterocycles. The first-order valence-electron chi connectivity index (χ1n) is 23.4. The lowest BCUT2D eigenvalue weighted by atomic mass is 9.77. The van der Waals surface area contributed by atoms with Gasteiger partial charge in [-0.15, -0.1) is 0 Å². The Hall–Kier alpha value is -8.13. The van der Waals surface area contributed by atoms with Crippen molar-refractivity contribution < 1.29 is 33.9 Å². The third-order valence-corrected chi connectivity index (χ3v) is 12.8. The molecule has 1 atom stereocenters. The molecule has 356 valence electrons. The number of nitrogens with zero attached hydrogens (tertiary/aromatic N) is 2. The number of hydrogen-bond acceptors (Lipinski definition) is 9. The molecule has 13 nitrogen and oxygen atoms in total. The summed E-state index contributed by atoms with van der Waals surface area (Å²) < 4.78 is 11.4. The van der Waals surface area contributed by atoms with E-state index in [2.05, 4.69) is 52.3 Å². The average molecular weight is 938 g/mol. The Morgan fingerprint density at radius 2 is 1.24 bits per heavy atom. The number of rotatable bonds is 20. The second kappa shape index (κ2) is 22.8. The molecule has 0 unspecified atom stereocenters. The minimum absolute atomic E-state index is 0.00349. The predicted octanol–water partition coefficient (Wildman–Crippen LogP) is 10.4. The van der Waals surface area contributed by atoms with E-state index in [0.29, 0.717) is 42.6 Å². The highest BCUT2D eigenvalue weighted by atomic mass is 16.6. The van der Waals surface area contributed by atoms with Crippen LogP contribution < -0.4 is 20.7 Å². The molecule has 0 radical (unpaired) electrons. The number of nitro benzene ring substituents is 1. The lowest BCUT2D eigenvalue weighted by Gasteiger charge is -2.37. The number of alkyl carbamates (subject to hydrolysis) is 1. The lowest BCUT2D eigenvalue weighted by molar-refractivity contribution is -0.384. The molecule has 7 aromatic carbocycles. The third-order valence-electron chi connectivity index (χ3n) is 12.8. The van der Waals surface area contributed by atoms with Crippen molar-refractivity contribution in [1.29, 1.82) is 0 Å². The van der Waals surface area contributed by atoms with E-state index in [1.54, 1.807) is 31.4 Å². The van der Waals surface area contributed by atoms with Crippen molar-refractivity contribution in [1.82, 2.24) is 15.5 Å². The maximum Gasteiger partial charge on any atom is 0.407 e. The summed E-state index contributed by atoms with van der Waals surface area (Å²) in [5.41, 5.74) is 7.99. The summed E-state index contributed by atoms with van der Waals surface area (Å²) in [6.07, 6.45) is 0.765. The van der Waals surface area contributed by atoms with Gasteiger partial charge >= 0.3 is 12.1 Å². The van der Waals surface area contributed by atoms with Crippen molar-refractivity contribution in [3.63, 3.8) is 0 Å². The van der Waals surface area contributed by atoms with E-state index < -0.39 is 34.5 Å². The summed E-state index contributed by atoms with van der Waals surface area (Å²) in [5, 5.41) is 30.6. The molecule has 0 bridgehead atoms. The third kappa shape index (κ3) is 11.1. The molecule has 13 heteroatoms. The van der Waals surface area contributed by atoms with Crippen LogP contribution in [0.1, 0.15) is 64.1 Å². The SMILES string of the molecule is COc1ccc(C(NCCCCCN(C(=O)Nc2ccc(CO)cc2)C(=O)[C@H](Cc2ccc([N+](=O)[O-])cc2)NC(=O)OCC2c3ccccc3-c3ccccc32)(c2ccccc2)c2ccccc2)cc1. The second-order valence-corrected chi connectivity index (χ2v) is 17.1. The Labute approximate surface area is 407 Å². The van der Waals surface area contributed by atoms with Gasteiger partial charge in [0.15, 0.2) is 0 Å². The summed E-state index contributed by atoms with van der Waals surface area (Å²) >= 11 is 0. The maximum atomic E-state index is 14.9. The van der Waals surface area contributed by atoms with Crippen LogP contribution in [0.5, 0.6) is 5.75 Å². The molecule has 7 aromatic rings. The first-order chi connectivity index (χ1) is 34.2. The number of hydrogen-bond donors (Lipinski definition) is 4. The van der Waals surface area contributed by atoms with Crippen LogP contribution in [0, 0.1) is 10.1 Å². The zero-order chi connectivity index (χ0) is 48.9. The zero-order valence-electron chi connectivity index (χ0n) is 38.8. The molecule has 0 saturated carbocycles. The molecule has 0 heterocycles. The van der Waals surface area contributed by atoms with E-state index in [1.165, 1.54) is 24.3 Å². The number of benzene rings is 7. The number of non-ortho nitro benzene ring substituents is 1. The maximum absolute atomic E-state index is 14.9. The van der Waals surface area contributed by atoms with Crippen LogP contribution in [-0.4, -0.2) is 65.8 Å². The quantitative estimate of drug-likeness (QED) is 0.0251. The first-order valence-corrected chi connectivity index (χ1v) is 23.4. The predicted molar refractivity (Wildman–Crippen MR) is 270 cm³/mol. The number of carbonyl (C=O) groups is 3. The van der Waals surface area contributed by atoms with E-state index in [1.807, 2.05) is 97.1 Å². The fourth-order valence-corrected chi connectivity index (χ4v) is 9.23. The van der Waals surface area contributed by atoms with Gasteiger partial charge in [-0.25, -0.2) is 9.59 Å². The van der Waals surface area contributed by atoms with Gasteiger partial charge in [0.05, 0.1) is 24.2 Å². The second-order valence-electron chi connectivity index (χ2n) is 17.1. The molecule has 1 aliphatic carbocycles. The zero-order valence-corrected chi connectivity index (χ0v) is 38.8. The molecule has 8 rings (SSSR count). The fourth-order valence-electron chi connectivity index (χ4n) is 9.23. The normalized spacial score (nSPS) is 12.3. The number of aliphatic hydroxyl groups is 1. The van der Waals surface area contributed by atoms with E-state index in [9.17, 15) is 29.6 Å². The number of fused-ring (bicyclic) bond motifs is 3. The molecule has 4 N–H and O–H groups in total. The molecule has 4 amide bonds. The van der Waals surface area contributed by atoms with E-state index in [4.69, 9.17) is 9.47 Å². The van der Waals surface area contributed by atoms with Gasteiger partial charge in [-0.2, -0.15) is 0 Å². The van der Waals surface area contributed by atoms with Gasteiger partial charge in [-0.1, -0.05) is 152 Å². The Morgan fingerprint density at radius 1 is 0.686 bits per heavy atom. The van der Waals surface area contributed by atoms with E-state index >= 15 is 0 Å². The number of nitro groups is 1. The van der Waals surface area contributed by atoms with Crippen LogP contribution in [0.4, 0.5) is 21.0 Å². The Balaban J connectivity index is 1.02. The van der Waals surface area contributed by atoms with E-state index in [0.717, 1.165) is 49.6 Å². The summed E-state index contributed by atoms with van der Waals surface area (Å²) in [6.45, 7) is 0.384. The molecule has 70 heavy (non-hydrogen) atoms. The molecule has 0 aliphatic heterocycles. The van der Waals surface area contributed by atoms with Crippen LogP contribution in [0.3, 0.4) is 0 Å². The van der Waals surface area contributed by atoms with Crippen molar-refractivity contribution >= 4 is 29.4 Å². The number of imide groups is 1. The Kier molecular flexibility index (Phi) is 15.7. The summed E-state index contributed by atoms with van der Waals surface area (Å²) in [7, 11) is 1.64. The van der Waals surface area contributed by atoms with Gasteiger partial charge in [-0.3, -0.25) is 25.1 Å². The largest absolute Gasteiger partial charge is 0.497 e. The summed E-state index contributed by atoms with van der Waals surface area (Å²) in [5.74, 6) is -0.189. The van der Waals surface area contributed by atoms with Gasteiger partial charge in [0.1, 0.15) is 18.4 Å². The number of ether oxygens (including phenoxy) is 2. The smallest absolute Gasteiger partial charge is 0.407 e. The monoisotopic (exact) mass is 937 g/mol. The molecule has 0 aromatic heterocycles. The average Bonchev–Trinajstić information content (AvgIpc) is 3.72. The van der Waals surface area contributed by atoms with Crippen molar-refractivity contribution in [3.8, 4) is 16.9 Å². The van der Waals surface area contributed by atoms with Crippen molar-refractivity contribution in [2.24, 2.45) is 0 Å². The van der Waals surface area contributed by atoms with Crippen molar-refractivity contribution in [2.45, 2.75) is 49.8 Å². The van der Waals surface area contributed by atoms with Crippen LogP contribution in [0.15, 0.2) is 182 Å². The van der Waals surface area contributed by atoms with Crippen LogP contribution >= 0.6 is 0 Å². The minimum Gasteiger partial charge on any atom is -0.497 e. The fraction of sp³-hybridized carbons (Fsp3) is 0.211. The number of amides is 4. The minimum atomic E-state index is -1.30. The van der Waals surface area contributed by atoms with Crippen LogP contribution in [0.25, 0.3) is 11.1 Å². The topological polar surface area (TPSA) is 172 Å². The number of methoxy groups -OCH3 is 1. The van der Waals surface area contributed by atoms with Crippen molar-refractivity contribution in [2.75, 3.05) is 32.1 Å². The molecule has 0 spiro atoms. The first kappa shape index (κ1) is 48.3.